The zero-order valence-corrected chi connectivity index (χ0v) is 15.4. The van der Waals surface area contributed by atoms with Gasteiger partial charge in [-0.3, -0.25) is 0 Å². The van der Waals surface area contributed by atoms with Crippen LogP contribution >= 0.6 is 0 Å². The summed E-state index contributed by atoms with van der Waals surface area (Å²) in [6.07, 6.45) is 1.52. The van der Waals surface area contributed by atoms with Crippen LogP contribution in [0.15, 0.2) is 85.7 Å². The van der Waals surface area contributed by atoms with E-state index in [9.17, 15) is 21.6 Å². The SMILES string of the molecule is C=CC(C)C(C(=C)OS(=O)(=O)C(F)(F)F)(c1ccccc1)c1ccccc1. The molecule has 1 unspecified atom stereocenters. The quantitative estimate of drug-likeness (QED) is 0.281. The van der Waals surface area contributed by atoms with E-state index in [1.165, 1.54) is 6.08 Å². The second-order valence-corrected chi connectivity index (χ2v) is 7.51. The summed E-state index contributed by atoms with van der Waals surface area (Å²) in [6, 6.07) is 17.0. The van der Waals surface area contributed by atoms with Crippen LogP contribution in [0.25, 0.3) is 0 Å². The number of rotatable bonds is 7. The van der Waals surface area contributed by atoms with Crippen molar-refractivity contribution in [1.29, 1.82) is 0 Å². The van der Waals surface area contributed by atoms with Gasteiger partial charge in [-0.15, -0.1) is 6.58 Å². The van der Waals surface area contributed by atoms with Crippen LogP contribution in [-0.2, 0) is 19.7 Å². The monoisotopic (exact) mass is 396 g/mol. The smallest absolute Gasteiger partial charge is 0.380 e. The van der Waals surface area contributed by atoms with Crippen molar-refractivity contribution in [3.05, 3.63) is 96.8 Å². The Bertz CT molecular complexity index is 865. The molecule has 27 heavy (non-hydrogen) atoms. The molecular weight excluding hydrogens is 377 g/mol. The average molecular weight is 396 g/mol. The highest BCUT2D eigenvalue weighted by molar-refractivity contribution is 7.87. The van der Waals surface area contributed by atoms with Crippen molar-refractivity contribution in [3.63, 3.8) is 0 Å². The van der Waals surface area contributed by atoms with Crippen LogP contribution in [0, 0.1) is 5.92 Å². The minimum atomic E-state index is -5.87. The molecule has 144 valence electrons. The van der Waals surface area contributed by atoms with Crippen LogP contribution in [0.5, 0.6) is 0 Å². The highest BCUT2D eigenvalue weighted by Crippen LogP contribution is 2.47. The fourth-order valence-corrected chi connectivity index (χ4v) is 3.58. The topological polar surface area (TPSA) is 43.4 Å². The van der Waals surface area contributed by atoms with Crippen LogP contribution < -0.4 is 0 Å². The fraction of sp³-hybridized carbons (Fsp3) is 0.200. The Hall–Kier alpha value is -2.54. The first-order chi connectivity index (χ1) is 12.6. The molecule has 0 fully saturated rings. The molecule has 0 aromatic heterocycles. The largest absolute Gasteiger partial charge is 0.534 e. The number of alkyl halides is 3. The lowest BCUT2D eigenvalue weighted by Gasteiger charge is -2.39. The lowest BCUT2D eigenvalue weighted by molar-refractivity contribution is -0.0528. The molecule has 0 bridgehead atoms. The van der Waals surface area contributed by atoms with E-state index in [1.807, 2.05) is 0 Å². The van der Waals surface area contributed by atoms with Crippen LogP contribution in [0.1, 0.15) is 18.1 Å². The van der Waals surface area contributed by atoms with E-state index < -0.39 is 32.7 Å². The second kappa shape index (κ2) is 7.60. The van der Waals surface area contributed by atoms with E-state index in [0.29, 0.717) is 11.1 Å². The number of allylic oxidation sites excluding steroid dienone is 2. The molecule has 0 heterocycles. The van der Waals surface area contributed by atoms with Gasteiger partial charge in [0.15, 0.2) is 0 Å². The lowest BCUT2D eigenvalue weighted by Crippen LogP contribution is -2.39. The third-order valence-electron chi connectivity index (χ3n) is 4.43. The molecule has 0 saturated carbocycles. The first-order valence-corrected chi connectivity index (χ1v) is 9.42. The van der Waals surface area contributed by atoms with Crippen molar-refractivity contribution in [3.8, 4) is 0 Å². The third kappa shape index (κ3) is 3.78. The number of benzene rings is 2. The maximum atomic E-state index is 12.9. The average Bonchev–Trinajstić information content (AvgIpc) is 2.62. The summed E-state index contributed by atoms with van der Waals surface area (Å²) in [7, 11) is -5.87. The summed E-state index contributed by atoms with van der Waals surface area (Å²) in [5.74, 6) is -1.08. The molecule has 2 aromatic carbocycles. The summed E-state index contributed by atoms with van der Waals surface area (Å²) in [5, 5.41) is 0. The Balaban J connectivity index is 2.76. The van der Waals surface area contributed by atoms with Gasteiger partial charge in [-0.25, -0.2) is 0 Å². The highest BCUT2D eigenvalue weighted by Gasteiger charge is 2.52. The molecule has 3 nitrogen and oxygen atoms in total. The zero-order valence-electron chi connectivity index (χ0n) is 14.6. The summed E-state index contributed by atoms with van der Waals surface area (Å²) in [5.41, 5.74) is -5.88. The molecule has 2 aromatic rings. The van der Waals surface area contributed by atoms with Crippen molar-refractivity contribution in [2.75, 3.05) is 0 Å². The van der Waals surface area contributed by atoms with Crippen LogP contribution in [0.3, 0.4) is 0 Å². The van der Waals surface area contributed by atoms with Crippen molar-refractivity contribution in [2.45, 2.75) is 17.8 Å². The molecule has 0 radical (unpaired) electrons. The predicted molar refractivity (Wildman–Crippen MR) is 98.2 cm³/mol. The van der Waals surface area contributed by atoms with Gasteiger partial charge in [-0.05, 0) is 17.0 Å². The Morgan fingerprint density at radius 2 is 1.41 bits per heavy atom. The van der Waals surface area contributed by atoms with Crippen molar-refractivity contribution < 1.29 is 25.8 Å². The van der Waals surface area contributed by atoms with Crippen molar-refractivity contribution in [2.24, 2.45) is 5.92 Å². The molecule has 0 aliphatic heterocycles. The molecule has 2 rings (SSSR count). The van der Waals surface area contributed by atoms with Crippen LogP contribution in [-0.4, -0.2) is 13.9 Å². The Morgan fingerprint density at radius 1 is 1.00 bits per heavy atom. The third-order valence-corrected chi connectivity index (χ3v) is 5.42. The van der Waals surface area contributed by atoms with Gasteiger partial charge in [0.05, 0.1) is 5.41 Å². The van der Waals surface area contributed by atoms with Gasteiger partial charge >= 0.3 is 15.6 Å². The van der Waals surface area contributed by atoms with Gasteiger partial charge in [0.1, 0.15) is 5.76 Å². The first kappa shape index (κ1) is 20.8. The second-order valence-electron chi connectivity index (χ2n) is 5.97. The van der Waals surface area contributed by atoms with Gasteiger partial charge in [0, 0.05) is 0 Å². The van der Waals surface area contributed by atoms with Gasteiger partial charge in [-0.1, -0.05) is 80.2 Å². The van der Waals surface area contributed by atoms with E-state index >= 15 is 0 Å². The molecule has 0 amide bonds. The number of hydrogen-bond donors (Lipinski definition) is 0. The molecule has 0 aliphatic carbocycles. The maximum absolute atomic E-state index is 12.9. The minimum Gasteiger partial charge on any atom is -0.380 e. The molecular formula is C20H19F3O3S. The minimum absolute atomic E-state index is 0.529. The molecule has 0 N–H and O–H groups in total. The van der Waals surface area contributed by atoms with Gasteiger partial charge < -0.3 is 4.18 Å². The molecule has 0 spiro atoms. The summed E-state index contributed by atoms with van der Waals surface area (Å²) >= 11 is 0. The van der Waals surface area contributed by atoms with E-state index in [4.69, 9.17) is 0 Å². The summed E-state index contributed by atoms with van der Waals surface area (Å²) in [6.45, 7) is 9.05. The van der Waals surface area contributed by atoms with Gasteiger partial charge in [-0.2, -0.15) is 21.6 Å². The zero-order chi connectivity index (χ0) is 20.3. The lowest BCUT2D eigenvalue weighted by atomic mass is 9.65. The number of halogens is 3. The molecule has 0 saturated heterocycles. The summed E-state index contributed by atoms with van der Waals surface area (Å²) < 4.78 is 66.5. The van der Waals surface area contributed by atoms with Crippen LogP contribution in [0.2, 0.25) is 0 Å². The van der Waals surface area contributed by atoms with E-state index in [1.54, 1.807) is 67.6 Å². The van der Waals surface area contributed by atoms with E-state index in [2.05, 4.69) is 17.3 Å². The van der Waals surface area contributed by atoms with Crippen LogP contribution in [0.4, 0.5) is 13.2 Å². The van der Waals surface area contributed by atoms with Gasteiger partial charge in [0.2, 0.25) is 0 Å². The normalized spacial score (nSPS) is 13.6. The molecule has 0 aliphatic rings. The van der Waals surface area contributed by atoms with Crippen molar-refractivity contribution >= 4 is 10.1 Å². The highest BCUT2D eigenvalue weighted by atomic mass is 32.2. The predicted octanol–water partition coefficient (Wildman–Crippen LogP) is 5.17. The Kier molecular flexibility index (Phi) is 5.85. The number of hydrogen-bond acceptors (Lipinski definition) is 3. The van der Waals surface area contributed by atoms with Crippen molar-refractivity contribution in [1.82, 2.24) is 0 Å². The first-order valence-electron chi connectivity index (χ1n) is 8.01. The maximum Gasteiger partial charge on any atom is 0.534 e. The van der Waals surface area contributed by atoms with E-state index in [-0.39, 0.29) is 0 Å². The fourth-order valence-electron chi connectivity index (χ4n) is 3.09. The standard InChI is InChI=1S/C20H19F3O3S/c1-4-15(2)19(17-11-7-5-8-12-17,18-13-9-6-10-14-18)16(3)26-27(24,25)20(21,22)23/h4-15H,1,3H2,2H3. The molecule has 7 heteroatoms. The summed E-state index contributed by atoms with van der Waals surface area (Å²) in [4.78, 5) is 0. The van der Waals surface area contributed by atoms with Gasteiger partial charge in [0.25, 0.3) is 0 Å². The Labute approximate surface area is 156 Å². The molecule has 1 atom stereocenters. The Morgan fingerprint density at radius 3 is 1.74 bits per heavy atom. The van der Waals surface area contributed by atoms with E-state index in [0.717, 1.165) is 0 Å².